The van der Waals surface area contributed by atoms with Gasteiger partial charge in [0, 0.05) is 35.6 Å². The van der Waals surface area contributed by atoms with Crippen LogP contribution < -0.4 is 5.32 Å². The normalized spacial score (nSPS) is 11.8. The van der Waals surface area contributed by atoms with Crippen LogP contribution in [0.15, 0.2) is 18.2 Å². The summed E-state index contributed by atoms with van der Waals surface area (Å²) in [6.45, 7) is 3.64. The van der Waals surface area contributed by atoms with E-state index >= 15 is 0 Å². The van der Waals surface area contributed by atoms with Gasteiger partial charge in [0.15, 0.2) is 0 Å². The highest BCUT2D eigenvalue weighted by Gasteiger charge is 2.25. The van der Waals surface area contributed by atoms with Gasteiger partial charge < -0.3 is 10.2 Å². The molecule has 0 fully saturated rings. The van der Waals surface area contributed by atoms with Crippen molar-refractivity contribution in [3.8, 4) is 0 Å². The zero-order chi connectivity index (χ0) is 15.3. The third-order valence-electron chi connectivity index (χ3n) is 3.11. The van der Waals surface area contributed by atoms with Gasteiger partial charge in [0.1, 0.15) is 6.04 Å². The van der Waals surface area contributed by atoms with E-state index in [-0.39, 0.29) is 18.4 Å². The van der Waals surface area contributed by atoms with Gasteiger partial charge in [0.25, 0.3) is 0 Å². The van der Waals surface area contributed by atoms with E-state index in [2.05, 4.69) is 5.32 Å². The molecule has 110 valence electrons. The Hall–Kier alpha value is -1.26. The first-order valence-electron chi connectivity index (χ1n) is 6.36. The number of benzene rings is 1. The van der Waals surface area contributed by atoms with Gasteiger partial charge in [-0.15, -0.1) is 0 Å². The summed E-state index contributed by atoms with van der Waals surface area (Å²) in [4.78, 5) is 25.3. The van der Waals surface area contributed by atoms with Crippen LogP contribution in [0.3, 0.4) is 0 Å². The highest BCUT2D eigenvalue weighted by Crippen LogP contribution is 2.26. The third kappa shape index (κ3) is 3.87. The minimum absolute atomic E-state index is 0.128. The van der Waals surface area contributed by atoms with Crippen LogP contribution in [0.4, 0.5) is 0 Å². The number of amides is 2. The maximum Gasteiger partial charge on any atom is 0.242 e. The molecule has 0 saturated carbocycles. The van der Waals surface area contributed by atoms with E-state index in [4.69, 9.17) is 23.2 Å². The van der Waals surface area contributed by atoms with Crippen molar-refractivity contribution in [3.05, 3.63) is 33.8 Å². The standard InChI is InChI=1S/C14H18Cl2N2O2/c1-4-13(19)18(9(2)14(20)17-3)8-10-11(15)6-5-7-12(10)16/h5-7,9H,4,8H2,1-3H3,(H,17,20). The fourth-order valence-electron chi connectivity index (χ4n) is 1.85. The average molecular weight is 317 g/mol. The first kappa shape index (κ1) is 16.8. The molecule has 0 aromatic heterocycles. The summed E-state index contributed by atoms with van der Waals surface area (Å²) in [5, 5.41) is 3.50. The molecule has 1 aromatic rings. The maximum absolute atomic E-state index is 12.1. The highest BCUT2D eigenvalue weighted by atomic mass is 35.5. The van der Waals surface area contributed by atoms with Gasteiger partial charge in [-0.1, -0.05) is 36.2 Å². The van der Waals surface area contributed by atoms with Gasteiger partial charge in [0.2, 0.25) is 11.8 Å². The van der Waals surface area contributed by atoms with Crippen molar-refractivity contribution in [2.75, 3.05) is 7.05 Å². The average Bonchev–Trinajstić information content (AvgIpc) is 2.44. The summed E-state index contributed by atoms with van der Waals surface area (Å²) >= 11 is 12.2. The zero-order valence-corrected chi connectivity index (χ0v) is 13.3. The SMILES string of the molecule is CCC(=O)N(Cc1c(Cl)cccc1Cl)C(C)C(=O)NC. The molecule has 0 aliphatic carbocycles. The molecule has 0 aliphatic rings. The maximum atomic E-state index is 12.1. The van der Waals surface area contributed by atoms with E-state index in [0.29, 0.717) is 22.0 Å². The van der Waals surface area contributed by atoms with E-state index in [0.717, 1.165) is 0 Å². The van der Waals surface area contributed by atoms with Crippen LogP contribution in [0.2, 0.25) is 10.0 Å². The van der Waals surface area contributed by atoms with Crippen LogP contribution in [0.5, 0.6) is 0 Å². The lowest BCUT2D eigenvalue weighted by Gasteiger charge is -2.28. The van der Waals surface area contributed by atoms with Crippen LogP contribution in [-0.4, -0.2) is 29.8 Å². The molecule has 1 rings (SSSR count). The van der Waals surface area contributed by atoms with E-state index in [1.54, 1.807) is 32.0 Å². The topological polar surface area (TPSA) is 49.4 Å². The van der Waals surface area contributed by atoms with Crippen molar-refractivity contribution in [1.82, 2.24) is 10.2 Å². The fraction of sp³-hybridized carbons (Fsp3) is 0.429. The van der Waals surface area contributed by atoms with Crippen LogP contribution in [0.25, 0.3) is 0 Å². The molecule has 1 aromatic carbocycles. The summed E-state index contributed by atoms with van der Waals surface area (Å²) in [7, 11) is 1.54. The number of rotatable bonds is 5. The molecule has 1 unspecified atom stereocenters. The Morgan fingerprint density at radius 3 is 2.30 bits per heavy atom. The van der Waals surface area contributed by atoms with Crippen LogP contribution >= 0.6 is 23.2 Å². The summed E-state index contributed by atoms with van der Waals surface area (Å²) in [5.74, 6) is -0.355. The Balaban J connectivity index is 3.07. The Labute approximate surface area is 129 Å². The Morgan fingerprint density at radius 1 is 1.30 bits per heavy atom. The van der Waals surface area contributed by atoms with Crippen LogP contribution in [0, 0.1) is 0 Å². The number of carbonyl (C=O) groups is 2. The van der Waals surface area contributed by atoms with Crippen molar-refractivity contribution in [3.63, 3.8) is 0 Å². The second-order valence-electron chi connectivity index (χ2n) is 4.37. The van der Waals surface area contributed by atoms with Crippen molar-refractivity contribution >= 4 is 35.0 Å². The second-order valence-corrected chi connectivity index (χ2v) is 5.18. The zero-order valence-electron chi connectivity index (χ0n) is 11.7. The second kappa shape index (κ2) is 7.50. The summed E-state index contributed by atoms with van der Waals surface area (Å²) in [6, 6.07) is 4.58. The molecule has 0 bridgehead atoms. The number of halogens is 2. The van der Waals surface area contributed by atoms with Crippen molar-refractivity contribution in [1.29, 1.82) is 0 Å². The number of hydrogen-bond donors (Lipinski definition) is 1. The predicted molar refractivity (Wildman–Crippen MR) is 80.8 cm³/mol. The highest BCUT2D eigenvalue weighted by molar-refractivity contribution is 6.36. The fourth-order valence-corrected chi connectivity index (χ4v) is 2.37. The van der Waals surface area contributed by atoms with E-state index < -0.39 is 6.04 Å². The van der Waals surface area contributed by atoms with E-state index in [1.165, 1.54) is 11.9 Å². The minimum atomic E-state index is -0.584. The molecule has 1 atom stereocenters. The molecular weight excluding hydrogens is 299 g/mol. The molecule has 6 heteroatoms. The predicted octanol–water partition coefficient (Wildman–Crippen LogP) is 2.87. The van der Waals surface area contributed by atoms with Gasteiger partial charge in [-0.2, -0.15) is 0 Å². The lowest BCUT2D eigenvalue weighted by Crippen LogP contribution is -2.46. The molecule has 0 radical (unpaired) electrons. The molecule has 2 amide bonds. The molecule has 20 heavy (non-hydrogen) atoms. The molecule has 0 aliphatic heterocycles. The summed E-state index contributed by atoms with van der Waals surface area (Å²) < 4.78 is 0. The summed E-state index contributed by atoms with van der Waals surface area (Å²) in [5.41, 5.74) is 0.647. The van der Waals surface area contributed by atoms with Crippen LogP contribution in [-0.2, 0) is 16.1 Å². The number of likely N-dealkylation sites (N-methyl/N-ethyl adjacent to an activating group) is 1. The Morgan fingerprint density at radius 2 is 1.85 bits per heavy atom. The molecule has 1 N–H and O–H groups in total. The lowest BCUT2D eigenvalue weighted by atomic mass is 10.1. The molecule has 0 heterocycles. The molecular formula is C14H18Cl2N2O2. The van der Waals surface area contributed by atoms with Gasteiger partial charge in [0.05, 0.1) is 0 Å². The number of hydrogen-bond acceptors (Lipinski definition) is 2. The van der Waals surface area contributed by atoms with E-state index in [1.807, 2.05) is 0 Å². The van der Waals surface area contributed by atoms with Gasteiger partial charge in [-0.3, -0.25) is 9.59 Å². The Kier molecular flexibility index (Phi) is 6.30. The number of nitrogens with zero attached hydrogens (tertiary/aromatic N) is 1. The largest absolute Gasteiger partial charge is 0.357 e. The quantitative estimate of drug-likeness (QED) is 0.908. The monoisotopic (exact) mass is 316 g/mol. The van der Waals surface area contributed by atoms with Gasteiger partial charge >= 0.3 is 0 Å². The number of carbonyl (C=O) groups excluding carboxylic acids is 2. The smallest absolute Gasteiger partial charge is 0.242 e. The first-order valence-corrected chi connectivity index (χ1v) is 7.11. The Bertz CT molecular complexity index is 486. The minimum Gasteiger partial charge on any atom is -0.357 e. The molecule has 0 spiro atoms. The summed E-state index contributed by atoms with van der Waals surface area (Å²) in [6.07, 6.45) is 0.309. The third-order valence-corrected chi connectivity index (χ3v) is 3.81. The molecule has 4 nitrogen and oxygen atoms in total. The van der Waals surface area contributed by atoms with E-state index in [9.17, 15) is 9.59 Å². The number of nitrogens with one attached hydrogen (secondary N) is 1. The van der Waals surface area contributed by atoms with Crippen molar-refractivity contribution in [2.24, 2.45) is 0 Å². The van der Waals surface area contributed by atoms with Crippen molar-refractivity contribution in [2.45, 2.75) is 32.9 Å². The van der Waals surface area contributed by atoms with Crippen LogP contribution in [0.1, 0.15) is 25.8 Å². The van der Waals surface area contributed by atoms with Gasteiger partial charge in [-0.25, -0.2) is 0 Å². The first-order chi connectivity index (χ1) is 9.42. The lowest BCUT2D eigenvalue weighted by molar-refractivity contribution is -0.140. The molecule has 0 saturated heterocycles. The van der Waals surface area contributed by atoms with Gasteiger partial charge in [-0.05, 0) is 19.1 Å². The van der Waals surface area contributed by atoms with Crippen molar-refractivity contribution < 1.29 is 9.59 Å².